The number of nitrogens with one attached hydrogen (secondary N) is 1. The highest BCUT2D eigenvalue weighted by Gasteiger charge is 2.31. The molecule has 1 fully saturated rings. The Balaban J connectivity index is 1.73. The number of ether oxygens (including phenoxy) is 1. The molecule has 1 aromatic heterocycles. The van der Waals surface area contributed by atoms with Crippen LogP contribution in [0, 0.1) is 0 Å². The van der Waals surface area contributed by atoms with Crippen molar-refractivity contribution in [2.24, 2.45) is 0 Å². The average molecular weight is 288 g/mol. The van der Waals surface area contributed by atoms with E-state index in [1.807, 2.05) is 6.07 Å². The van der Waals surface area contributed by atoms with E-state index < -0.39 is 0 Å². The fourth-order valence-electron chi connectivity index (χ4n) is 2.44. The normalized spacial score (nSPS) is 28.5. The van der Waals surface area contributed by atoms with Gasteiger partial charge in [0.15, 0.2) is 0 Å². The quantitative estimate of drug-likeness (QED) is 0.887. The van der Waals surface area contributed by atoms with Gasteiger partial charge in [-0.15, -0.1) is 11.3 Å². The van der Waals surface area contributed by atoms with Gasteiger partial charge in [-0.2, -0.15) is 0 Å². The maximum absolute atomic E-state index is 5.93. The van der Waals surface area contributed by atoms with E-state index in [9.17, 15) is 0 Å². The van der Waals surface area contributed by atoms with Gasteiger partial charge in [0.2, 0.25) is 0 Å². The van der Waals surface area contributed by atoms with Crippen LogP contribution in [0.25, 0.3) is 0 Å². The molecule has 2 heterocycles. The zero-order chi connectivity index (χ0) is 13.0. The largest absolute Gasteiger partial charge is 0.375 e. The molecule has 0 saturated carbocycles. The summed E-state index contributed by atoms with van der Waals surface area (Å²) in [5.74, 6) is 0. The maximum Gasteiger partial charge on any atom is 0.0931 e. The first-order valence-corrected chi connectivity index (χ1v) is 7.92. The smallest absolute Gasteiger partial charge is 0.0931 e. The number of halogens is 1. The van der Waals surface area contributed by atoms with Crippen LogP contribution in [-0.2, 0) is 11.2 Å². The van der Waals surface area contributed by atoms with E-state index in [-0.39, 0.29) is 5.60 Å². The van der Waals surface area contributed by atoms with Crippen molar-refractivity contribution in [1.29, 1.82) is 0 Å². The third-order valence-electron chi connectivity index (χ3n) is 3.78. The molecule has 102 valence electrons. The summed E-state index contributed by atoms with van der Waals surface area (Å²) in [6, 6.07) is 4.69. The second-order valence-electron chi connectivity index (χ2n) is 5.25. The van der Waals surface area contributed by atoms with Crippen LogP contribution in [0.1, 0.15) is 38.0 Å². The number of rotatable bonds is 5. The van der Waals surface area contributed by atoms with E-state index in [2.05, 4.69) is 25.2 Å². The van der Waals surface area contributed by atoms with Crippen molar-refractivity contribution in [3.8, 4) is 0 Å². The molecule has 1 aliphatic rings. The van der Waals surface area contributed by atoms with Crippen molar-refractivity contribution in [2.75, 3.05) is 13.2 Å². The van der Waals surface area contributed by atoms with E-state index in [0.717, 1.165) is 43.2 Å². The van der Waals surface area contributed by atoms with Gasteiger partial charge in [-0.05, 0) is 44.7 Å². The SMILES string of the molecule is CCC1(C)CC(NCCc2ccc(Cl)s2)CCO1. The summed E-state index contributed by atoms with van der Waals surface area (Å²) < 4.78 is 6.74. The van der Waals surface area contributed by atoms with Crippen molar-refractivity contribution in [2.45, 2.75) is 51.2 Å². The predicted molar refractivity (Wildman–Crippen MR) is 78.7 cm³/mol. The number of hydrogen-bond donors (Lipinski definition) is 1. The Morgan fingerprint density at radius 2 is 2.39 bits per heavy atom. The Hall–Kier alpha value is -0.0900. The molecule has 1 N–H and O–H groups in total. The molecule has 0 aliphatic carbocycles. The third kappa shape index (κ3) is 3.95. The molecule has 1 saturated heterocycles. The van der Waals surface area contributed by atoms with Gasteiger partial charge in [0.05, 0.1) is 9.94 Å². The van der Waals surface area contributed by atoms with Crippen molar-refractivity contribution in [1.82, 2.24) is 5.32 Å². The lowest BCUT2D eigenvalue weighted by molar-refractivity contribution is -0.0778. The van der Waals surface area contributed by atoms with E-state index in [1.165, 1.54) is 4.88 Å². The van der Waals surface area contributed by atoms with Crippen LogP contribution in [0.3, 0.4) is 0 Å². The van der Waals surface area contributed by atoms with Crippen LogP contribution < -0.4 is 5.32 Å². The number of thiophene rings is 1. The standard InChI is InChI=1S/C14H22ClNOS/c1-3-14(2)10-11(7-9-17-14)16-8-6-12-4-5-13(15)18-12/h4-5,11,16H,3,6-10H2,1-2H3. The molecule has 0 spiro atoms. The molecule has 0 radical (unpaired) electrons. The Bertz CT molecular complexity index is 382. The lowest BCUT2D eigenvalue weighted by atomic mass is 9.90. The first kappa shape index (κ1) is 14.3. The van der Waals surface area contributed by atoms with Crippen LogP contribution in [0.5, 0.6) is 0 Å². The number of hydrogen-bond acceptors (Lipinski definition) is 3. The van der Waals surface area contributed by atoms with Gasteiger partial charge in [-0.3, -0.25) is 0 Å². The Kier molecular flexibility index (Phi) is 5.07. The molecule has 4 heteroatoms. The van der Waals surface area contributed by atoms with Crippen molar-refractivity contribution in [3.05, 3.63) is 21.3 Å². The zero-order valence-electron chi connectivity index (χ0n) is 11.2. The molecular weight excluding hydrogens is 266 g/mol. The summed E-state index contributed by atoms with van der Waals surface area (Å²) in [5, 5.41) is 3.65. The summed E-state index contributed by atoms with van der Waals surface area (Å²) in [4.78, 5) is 1.36. The monoisotopic (exact) mass is 287 g/mol. The van der Waals surface area contributed by atoms with Crippen LogP contribution in [0.2, 0.25) is 4.34 Å². The van der Waals surface area contributed by atoms with E-state index in [1.54, 1.807) is 11.3 Å². The highest BCUT2D eigenvalue weighted by Crippen LogP contribution is 2.27. The van der Waals surface area contributed by atoms with Gasteiger partial charge < -0.3 is 10.1 Å². The molecule has 1 aromatic rings. The fourth-order valence-corrected chi connectivity index (χ4v) is 3.52. The Labute approximate surface area is 119 Å². The molecule has 0 aromatic carbocycles. The minimum Gasteiger partial charge on any atom is -0.375 e. The van der Waals surface area contributed by atoms with Crippen molar-refractivity contribution >= 4 is 22.9 Å². The minimum absolute atomic E-state index is 0.0716. The van der Waals surface area contributed by atoms with Crippen LogP contribution in [0.15, 0.2) is 12.1 Å². The fraction of sp³-hybridized carbons (Fsp3) is 0.714. The zero-order valence-corrected chi connectivity index (χ0v) is 12.7. The molecule has 2 nitrogen and oxygen atoms in total. The summed E-state index contributed by atoms with van der Waals surface area (Å²) in [7, 11) is 0. The molecular formula is C14H22ClNOS. The minimum atomic E-state index is 0.0716. The molecule has 0 amide bonds. The highest BCUT2D eigenvalue weighted by molar-refractivity contribution is 7.16. The second-order valence-corrected chi connectivity index (χ2v) is 7.05. The lowest BCUT2D eigenvalue weighted by Crippen LogP contribution is -2.45. The van der Waals surface area contributed by atoms with E-state index in [4.69, 9.17) is 16.3 Å². The van der Waals surface area contributed by atoms with Crippen LogP contribution >= 0.6 is 22.9 Å². The third-order valence-corrected chi connectivity index (χ3v) is 5.07. The molecule has 1 aliphatic heterocycles. The summed E-state index contributed by atoms with van der Waals surface area (Å²) >= 11 is 7.61. The van der Waals surface area contributed by atoms with Crippen molar-refractivity contribution in [3.63, 3.8) is 0 Å². The van der Waals surface area contributed by atoms with E-state index >= 15 is 0 Å². The maximum atomic E-state index is 5.93. The predicted octanol–water partition coefficient (Wildman–Crippen LogP) is 3.88. The van der Waals surface area contributed by atoms with Gasteiger partial charge >= 0.3 is 0 Å². The molecule has 18 heavy (non-hydrogen) atoms. The molecule has 2 unspecified atom stereocenters. The second kappa shape index (κ2) is 6.38. The van der Waals surface area contributed by atoms with Gasteiger partial charge in [0.1, 0.15) is 0 Å². The van der Waals surface area contributed by atoms with Crippen LogP contribution in [-0.4, -0.2) is 24.8 Å². The van der Waals surface area contributed by atoms with Gasteiger partial charge in [-0.1, -0.05) is 18.5 Å². The van der Waals surface area contributed by atoms with Gasteiger partial charge in [0.25, 0.3) is 0 Å². The summed E-state index contributed by atoms with van der Waals surface area (Å²) in [5.41, 5.74) is 0.0716. The lowest BCUT2D eigenvalue weighted by Gasteiger charge is -2.38. The first-order valence-electron chi connectivity index (χ1n) is 6.73. The van der Waals surface area contributed by atoms with Crippen molar-refractivity contribution < 1.29 is 4.74 Å². The first-order chi connectivity index (χ1) is 8.61. The summed E-state index contributed by atoms with van der Waals surface area (Å²) in [6.45, 7) is 6.34. The molecule has 2 atom stereocenters. The summed E-state index contributed by atoms with van der Waals surface area (Å²) in [6.07, 6.45) is 4.40. The Morgan fingerprint density at radius 3 is 3.06 bits per heavy atom. The molecule has 0 bridgehead atoms. The molecule has 2 rings (SSSR count). The van der Waals surface area contributed by atoms with E-state index in [0.29, 0.717) is 6.04 Å². The average Bonchev–Trinajstić information content (AvgIpc) is 2.75. The van der Waals surface area contributed by atoms with Gasteiger partial charge in [0, 0.05) is 24.1 Å². The highest BCUT2D eigenvalue weighted by atomic mass is 35.5. The van der Waals surface area contributed by atoms with Crippen LogP contribution in [0.4, 0.5) is 0 Å². The van der Waals surface area contributed by atoms with Gasteiger partial charge in [-0.25, -0.2) is 0 Å². The topological polar surface area (TPSA) is 21.3 Å². The Morgan fingerprint density at radius 1 is 1.56 bits per heavy atom.